The van der Waals surface area contributed by atoms with E-state index in [9.17, 15) is 4.79 Å². The maximum atomic E-state index is 12.0. The summed E-state index contributed by atoms with van der Waals surface area (Å²) < 4.78 is 5.91. The molecule has 1 aliphatic heterocycles. The molecule has 1 amide bonds. The Hall–Kier alpha value is -0.846. The summed E-state index contributed by atoms with van der Waals surface area (Å²) in [6, 6.07) is 8.23. The van der Waals surface area contributed by atoms with Crippen LogP contribution in [0.15, 0.2) is 24.3 Å². The smallest absolute Gasteiger partial charge is 0.224 e. The molecule has 4 heteroatoms. The Balaban J connectivity index is 0.00000312. The Morgan fingerprint density at radius 3 is 2.52 bits per heavy atom. The van der Waals surface area contributed by atoms with Crippen molar-refractivity contribution in [3.63, 3.8) is 0 Å². The summed E-state index contributed by atoms with van der Waals surface area (Å²) >= 11 is 0. The van der Waals surface area contributed by atoms with Gasteiger partial charge in [0.05, 0.1) is 12.5 Å². The molecule has 1 aliphatic rings. The second kappa shape index (κ2) is 10.3. The van der Waals surface area contributed by atoms with Crippen molar-refractivity contribution >= 4 is 5.91 Å². The molecule has 1 saturated heterocycles. The third kappa shape index (κ3) is 6.76. The molecule has 1 radical (unpaired) electrons. The molecule has 0 aromatic heterocycles. The van der Waals surface area contributed by atoms with Crippen molar-refractivity contribution in [2.24, 2.45) is 11.8 Å². The molecule has 1 heterocycles. The van der Waals surface area contributed by atoms with Gasteiger partial charge in [0, 0.05) is 51.6 Å². The molecule has 0 saturated carbocycles. The van der Waals surface area contributed by atoms with E-state index in [4.69, 9.17) is 4.74 Å². The van der Waals surface area contributed by atoms with Crippen molar-refractivity contribution in [2.45, 2.75) is 45.4 Å². The Labute approximate surface area is 177 Å². The first-order chi connectivity index (χ1) is 11.4. The molecule has 25 heavy (non-hydrogen) atoms. The molecular formula is C21H28NO2Y-. The van der Waals surface area contributed by atoms with Crippen LogP contribution in [0.1, 0.15) is 45.6 Å². The second-order valence-electron chi connectivity index (χ2n) is 7.36. The van der Waals surface area contributed by atoms with Crippen molar-refractivity contribution in [3.05, 3.63) is 36.8 Å². The predicted octanol–water partition coefficient (Wildman–Crippen LogP) is 3.73. The standard InChI is InChI=1S/C21H28NO2.Y/c1-5-6-7-8-9-19-16(14-22-20(19)23)15-24-18-12-10-17(11-13-18)21(2,3)4;/h10-13,16,19H,1,5-6,9,14-15H2,2-4H3,(H,22,23);/q-1;/t16-,19-;/m1./s1. The van der Waals surface area contributed by atoms with E-state index in [2.05, 4.69) is 57.0 Å². The minimum absolute atomic E-state index is 0. The van der Waals surface area contributed by atoms with Crippen LogP contribution in [0, 0.1) is 30.6 Å². The van der Waals surface area contributed by atoms with Gasteiger partial charge in [0.1, 0.15) is 5.75 Å². The first-order valence-corrected chi connectivity index (χ1v) is 8.68. The zero-order chi connectivity index (χ0) is 17.6. The van der Waals surface area contributed by atoms with Gasteiger partial charge in [-0.15, -0.1) is 11.8 Å². The maximum Gasteiger partial charge on any atom is 0.224 e. The first kappa shape index (κ1) is 22.2. The van der Waals surface area contributed by atoms with Crippen molar-refractivity contribution in [1.82, 2.24) is 5.32 Å². The molecule has 1 N–H and O–H groups in total. The Bertz CT molecular complexity index is 608. The molecule has 0 aliphatic carbocycles. The molecule has 1 aromatic rings. The number of hydrogen-bond acceptors (Lipinski definition) is 2. The van der Waals surface area contributed by atoms with Crippen molar-refractivity contribution < 1.29 is 42.2 Å². The monoisotopic (exact) mass is 415 g/mol. The summed E-state index contributed by atoms with van der Waals surface area (Å²) in [5.41, 5.74) is 1.42. The van der Waals surface area contributed by atoms with Gasteiger partial charge in [-0.3, -0.25) is 4.79 Å². The number of benzene rings is 1. The largest absolute Gasteiger partial charge is 0.493 e. The zero-order valence-corrected chi connectivity index (χ0v) is 18.4. The summed E-state index contributed by atoms with van der Waals surface area (Å²) in [4.78, 5) is 12.0. The van der Waals surface area contributed by atoms with E-state index in [1.54, 1.807) is 0 Å². The average Bonchev–Trinajstić information content (AvgIpc) is 2.89. The fourth-order valence-electron chi connectivity index (χ4n) is 2.77. The molecule has 1 fully saturated rings. The number of carbonyl (C=O) groups excluding carboxylic acids is 1. The summed E-state index contributed by atoms with van der Waals surface area (Å²) in [5, 5.41) is 2.93. The van der Waals surface area contributed by atoms with Crippen molar-refractivity contribution in [1.29, 1.82) is 0 Å². The second-order valence-corrected chi connectivity index (χ2v) is 7.36. The number of rotatable bonds is 5. The minimum Gasteiger partial charge on any atom is -0.493 e. The van der Waals surface area contributed by atoms with Gasteiger partial charge >= 0.3 is 0 Å². The first-order valence-electron chi connectivity index (χ1n) is 8.68. The predicted molar refractivity (Wildman–Crippen MR) is 97.6 cm³/mol. The van der Waals surface area contributed by atoms with E-state index in [1.165, 1.54) is 5.56 Å². The molecule has 2 atom stereocenters. The summed E-state index contributed by atoms with van der Waals surface area (Å²) in [6.45, 7) is 11.6. The molecule has 0 bridgehead atoms. The third-order valence-corrected chi connectivity index (χ3v) is 4.38. The number of carbonyl (C=O) groups is 1. The fraction of sp³-hybridized carbons (Fsp3) is 0.524. The van der Waals surface area contributed by atoms with E-state index in [0.29, 0.717) is 19.6 Å². The normalized spacial score (nSPS) is 19.4. The van der Waals surface area contributed by atoms with Gasteiger partial charge in [-0.05, 0) is 29.5 Å². The molecular weight excluding hydrogens is 387 g/mol. The van der Waals surface area contributed by atoms with E-state index in [0.717, 1.165) is 18.6 Å². The molecule has 1 aromatic carbocycles. The fourth-order valence-corrected chi connectivity index (χ4v) is 2.77. The van der Waals surface area contributed by atoms with Gasteiger partial charge < -0.3 is 17.0 Å². The van der Waals surface area contributed by atoms with E-state index in [-0.39, 0.29) is 55.9 Å². The van der Waals surface area contributed by atoms with Crippen LogP contribution < -0.4 is 10.1 Å². The molecule has 3 nitrogen and oxygen atoms in total. The van der Waals surface area contributed by atoms with Crippen molar-refractivity contribution in [3.8, 4) is 17.6 Å². The van der Waals surface area contributed by atoms with Crippen LogP contribution in [0.5, 0.6) is 5.75 Å². The number of hydrogen-bond donors (Lipinski definition) is 1. The number of unbranched alkanes of at least 4 members (excludes halogenated alkanes) is 1. The quantitative estimate of drug-likeness (QED) is 0.588. The van der Waals surface area contributed by atoms with Gasteiger partial charge in [0.15, 0.2) is 0 Å². The van der Waals surface area contributed by atoms with Crippen LogP contribution in [0.4, 0.5) is 0 Å². The molecule has 2 rings (SSSR count). The van der Waals surface area contributed by atoms with Crippen LogP contribution in [-0.2, 0) is 42.9 Å². The SMILES string of the molecule is [CH2-]CCC#CC[C@H]1C(=O)NC[C@@H]1COc1ccc(C(C)(C)C)cc1.[Y]. The Kier molecular flexibility index (Phi) is 9.18. The summed E-state index contributed by atoms with van der Waals surface area (Å²) in [7, 11) is 0. The Morgan fingerprint density at radius 2 is 1.92 bits per heavy atom. The Morgan fingerprint density at radius 1 is 1.24 bits per heavy atom. The maximum absolute atomic E-state index is 12.0. The zero-order valence-electron chi connectivity index (χ0n) is 15.6. The van der Waals surface area contributed by atoms with E-state index >= 15 is 0 Å². The minimum atomic E-state index is -0.0730. The molecule has 0 unspecified atom stereocenters. The third-order valence-electron chi connectivity index (χ3n) is 4.38. The summed E-state index contributed by atoms with van der Waals surface area (Å²) in [6.07, 6.45) is 2.19. The van der Waals surface area contributed by atoms with Gasteiger partial charge in [0.25, 0.3) is 0 Å². The summed E-state index contributed by atoms with van der Waals surface area (Å²) in [5.74, 6) is 7.21. The van der Waals surface area contributed by atoms with Crippen LogP contribution in [0.25, 0.3) is 0 Å². The van der Waals surface area contributed by atoms with Crippen LogP contribution >= 0.6 is 0 Å². The van der Waals surface area contributed by atoms with Crippen LogP contribution in [0.2, 0.25) is 0 Å². The number of amides is 1. The topological polar surface area (TPSA) is 38.3 Å². The number of ether oxygens (including phenoxy) is 1. The number of nitrogens with one attached hydrogen (secondary N) is 1. The van der Waals surface area contributed by atoms with Gasteiger partial charge in [0.2, 0.25) is 5.91 Å². The molecule has 0 spiro atoms. The average molecular weight is 415 g/mol. The van der Waals surface area contributed by atoms with E-state index in [1.807, 2.05) is 12.1 Å². The van der Waals surface area contributed by atoms with Crippen LogP contribution in [0.3, 0.4) is 0 Å². The van der Waals surface area contributed by atoms with Gasteiger partial charge in [-0.25, -0.2) is 0 Å². The molecule has 133 valence electrons. The van der Waals surface area contributed by atoms with Crippen molar-refractivity contribution in [2.75, 3.05) is 13.2 Å². The van der Waals surface area contributed by atoms with Crippen LogP contribution in [-0.4, -0.2) is 19.1 Å². The van der Waals surface area contributed by atoms with Gasteiger partial charge in [-0.1, -0.05) is 32.9 Å². The van der Waals surface area contributed by atoms with E-state index < -0.39 is 0 Å². The van der Waals surface area contributed by atoms with Gasteiger partial charge in [-0.2, -0.15) is 6.42 Å².